The summed E-state index contributed by atoms with van der Waals surface area (Å²) in [5.74, 6) is -3.17. The Labute approximate surface area is 174 Å². The zero-order chi connectivity index (χ0) is 22.6. The fraction of sp³-hybridized carbons (Fsp3) is 0.444. The van der Waals surface area contributed by atoms with Crippen LogP contribution in [0.2, 0.25) is 0 Å². The van der Waals surface area contributed by atoms with Crippen molar-refractivity contribution in [2.75, 3.05) is 0 Å². The Hall–Kier alpha value is -3.15. The maximum Gasteiger partial charge on any atom is 0.328 e. The van der Waals surface area contributed by atoms with Crippen LogP contribution < -0.4 is 5.43 Å². The van der Waals surface area contributed by atoms with Crippen LogP contribution in [-0.2, 0) is 31.5 Å². The number of benzene rings is 1. The van der Waals surface area contributed by atoms with Gasteiger partial charge in [0, 0.05) is 25.1 Å². The molecule has 1 aliphatic heterocycles. The number of likely N-dealkylation sites (tertiary alicyclic amines) is 1. The molecule has 2 amide bonds. The number of rotatable bonds is 9. The second-order valence-corrected chi connectivity index (χ2v) is 8.67. The number of nitrogens with zero attached hydrogens (tertiary/aromatic N) is 2. The van der Waals surface area contributed by atoms with Crippen molar-refractivity contribution in [2.45, 2.75) is 49.9 Å². The number of hydrazone groups is 1. The average molecular weight is 441 g/mol. The topological polar surface area (TPSA) is 174 Å². The highest BCUT2D eigenvalue weighted by molar-refractivity contribution is 7.75. The summed E-state index contributed by atoms with van der Waals surface area (Å²) in [5, 5.41) is 31.9. The van der Waals surface area contributed by atoms with Gasteiger partial charge in [0.05, 0.1) is 0 Å². The predicted molar refractivity (Wildman–Crippen MR) is 106 cm³/mol. The van der Waals surface area contributed by atoms with E-state index >= 15 is 0 Å². The Morgan fingerprint density at radius 3 is 2.53 bits per heavy atom. The van der Waals surface area contributed by atoms with Gasteiger partial charge in [-0.1, -0.05) is 6.07 Å². The van der Waals surface area contributed by atoms with Crippen LogP contribution in [0.5, 0.6) is 11.5 Å². The largest absolute Gasteiger partial charge is 0.504 e. The smallest absolute Gasteiger partial charge is 0.328 e. The van der Waals surface area contributed by atoms with E-state index in [4.69, 9.17) is 0 Å². The Morgan fingerprint density at radius 1 is 1.37 bits per heavy atom. The van der Waals surface area contributed by atoms with E-state index in [0.29, 0.717) is 5.56 Å². The third-order valence-electron chi connectivity index (χ3n) is 4.89. The number of carboxylic acid groups (broad SMARTS) is 1. The maximum atomic E-state index is 12.0. The van der Waals surface area contributed by atoms with Crippen molar-refractivity contribution in [1.82, 2.24) is 10.3 Å². The van der Waals surface area contributed by atoms with Gasteiger partial charge in [0.15, 0.2) is 28.2 Å². The van der Waals surface area contributed by atoms with Crippen LogP contribution in [0.3, 0.4) is 0 Å². The lowest BCUT2D eigenvalue weighted by molar-refractivity contribution is -0.161. The van der Waals surface area contributed by atoms with Crippen LogP contribution in [-0.4, -0.2) is 69.5 Å². The molecule has 0 aliphatic carbocycles. The van der Waals surface area contributed by atoms with E-state index in [0.717, 1.165) is 18.0 Å². The second-order valence-electron chi connectivity index (χ2n) is 7.19. The van der Waals surface area contributed by atoms with Gasteiger partial charge in [-0.15, -0.1) is 0 Å². The summed E-state index contributed by atoms with van der Waals surface area (Å²) >= 11 is 0. The summed E-state index contributed by atoms with van der Waals surface area (Å²) in [6.45, 7) is 2.72. The summed E-state index contributed by atoms with van der Waals surface area (Å²) < 4.78 is 21.7. The molecule has 0 saturated carbocycles. The van der Waals surface area contributed by atoms with E-state index in [1.165, 1.54) is 18.2 Å². The number of carbonyl (C=O) groups excluding carboxylic acids is 2. The molecule has 1 fully saturated rings. The molecule has 4 N–H and O–H groups in total. The van der Waals surface area contributed by atoms with Gasteiger partial charge >= 0.3 is 5.97 Å². The van der Waals surface area contributed by atoms with E-state index in [1.54, 1.807) is 6.92 Å². The highest BCUT2D eigenvalue weighted by Gasteiger charge is 2.52. The van der Waals surface area contributed by atoms with Crippen LogP contribution in [0.25, 0.3) is 0 Å². The Morgan fingerprint density at radius 2 is 2.03 bits per heavy atom. The monoisotopic (exact) mass is 441 g/mol. The van der Waals surface area contributed by atoms with Crippen LogP contribution in [0.15, 0.2) is 23.3 Å². The Kier molecular flexibility index (Phi) is 7.03. The molecule has 2 rings (SSSR count). The zero-order valence-electron chi connectivity index (χ0n) is 16.3. The molecule has 1 aliphatic rings. The van der Waals surface area contributed by atoms with E-state index in [2.05, 4.69) is 10.5 Å². The first kappa shape index (κ1) is 23.1. The first-order chi connectivity index (χ1) is 14.0. The molecule has 164 valence electrons. The molecule has 12 heteroatoms. The average Bonchev–Trinajstić information content (AvgIpc) is 2.66. The van der Waals surface area contributed by atoms with Gasteiger partial charge < -0.3 is 20.2 Å². The number of hydrogen-bond donors (Lipinski definition) is 5. The molecule has 11 nitrogen and oxygen atoms in total. The minimum absolute atomic E-state index is 0.0637. The highest BCUT2D eigenvalue weighted by atomic mass is 32.2. The number of β-lactam (4-membered cyclic amide) rings is 1. The van der Waals surface area contributed by atoms with Crippen molar-refractivity contribution < 1.29 is 38.1 Å². The van der Waals surface area contributed by atoms with Crippen molar-refractivity contribution in [3.8, 4) is 11.5 Å². The number of aromatic hydroxyl groups is 2. The third kappa shape index (κ3) is 4.87. The summed E-state index contributed by atoms with van der Waals surface area (Å²) in [4.78, 5) is 36.5. The fourth-order valence-electron chi connectivity index (χ4n) is 3.13. The molecule has 0 unspecified atom stereocenters. The molecular weight excluding hydrogens is 418 g/mol. The van der Waals surface area contributed by atoms with Crippen molar-refractivity contribution >= 4 is 34.7 Å². The lowest BCUT2D eigenvalue weighted by Crippen LogP contribution is -2.66. The van der Waals surface area contributed by atoms with E-state index in [9.17, 15) is 38.1 Å². The van der Waals surface area contributed by atoms with Gasteiger partial charge in [-0.05, 0) is 38.0 Å². The van der Waals surface area contributed by atoms with Crippen LogP contribution in [0.4, 0.5) is 0 Å². The van der Waals surface area contributed by atoms with E-state index < -0.39 is 45.3 Å². The molecule has 0 radical (unpaired) electrons. The van der Waals surface area contributed by atoms with Crippen molar-refractivity contribution in [3.63, 3.8) is 0 Å². The summed E-state index contributed by atoms with van der Waals surface area (Å²) in [5.41, 5.74) is 2.71. The van der Waals surface area contributed by atoms with Gasteiger partial charge in [-0.3, -0.25) is 9.59 Å². The van der Waals surface area contributed by atoms with Gasteiger partial charge in [-0.2, -0.15) is 5.10 Å². The third-order valence-corrected chi connectivity index (χ3v) is 6.03. The minimum atomic E-state index is -3.37. The summed E-state index contributed by atoms with van der Waals surface area (Å²) in [7, 11) is -3.37. The molecule has 1 saturated heterocycles. The number of phenolic OH excluding ortho intramolecular Hbond substituents is 2. The number of aliphatic carboxylic acids is 1. The number of carbonyl (C=O) groups is 3. The molecular formula is C18H23N3O8S. The number of amides is 2. The lowest BCUT2D eigenvalue weighted by Gasteiger charge is -2.45. The molecule has 1 aromatic rings. The standard InChI is InChI=1S/C18H23N3O8S/c1-10-7-15(25)21(10)16(17(26)27)18(2,30(28)29)9-19-20-14(24)6-4-11-3-5-12(22)13(23)8-11/h3,5,8-10,16,22-23,30H,4,6-7H2,1-2H3,(H,20,24)(H,26,27)/b19-9+/t10-,16+,18+/m1/s1. The van der Waals surface area contributed by atoms with Gasteiger partial charge in [0.1, 0.15) is 4.75 Å². The quantitative estimate of drug-likeness (QED) is 0.113. The van der Waals surface area contributed by atoms with Crippen molar-refractivity contribution in [1.29, 1.82) is 0 Å². The number of nitrogens with one attached hydrogen (secondary N) is 1. The van der Waals surface area contributed by atoms with Crippen molar-refractivity contribution in [3.05, 3.63) is 23.8 Å². The minimum Gasteiger partial charge on any atom is -0.504 e. The lowest BCUT2D eigenvalue weighted by atomic mass is 9.92. The van der Waals surface area contributed by atoms with Crippen LogP contribution >= 0.6 is 0 Å². The van der Waals surface area contributed by atoms with E-state index in [-0.39, 0.29) is 30.8 Å². The number of phenols is 2. The molecule has 30 heavy (non-hydrogen) atoms. The number of thiol groups is 1. The van der Waals surface area contributed by atoms with Gasteiger partial charge in [-0.25, -0.2) is 18.6 Å². The molecule has 1 aromatic carbocycles. The SMILES string of the molecule is C[C@@H]1CC(=O)N1[C@@H](C(=O)O)[C@](C)(/C=N/NC(=O)CCc1ccc(O)c(O)c1)[SH](=O)=O. The number of carboxylic acids is 1. The van der Waals surface area contributed by atoms with Crippen molar-refractivity contribution in [2.24, 2.45) is 5.10 Å². The predicted octanol–water partition coefficient (Wildman–Crippen LogP) is -0.423. The first-order valence-electron chi connectivity index (χ1n) is 8.99. The number of hydrogen-bond acceptors (Lipinski definition) is 8. The summed E-state index contributed by atoms with van der Waals surface area (Å²) in [6.07, 6.45) is 1.07. The summed E-state index contributed by atoms with van der Waals surface area (Å²) in [6, 6.07) is 1.98. The molecule has 0 aromatic heterocycles. The first-order valence-corrected chi connectivity index (χ1v) is 10.2. The number of aryl methyl sites for hydroxylation is 1. The zero-order valence-corrected chi connectivity index (χ0v) is 17.2. The van der Waals surface area contributed by atoms with Gasteiger partial charge in [0.2, 0.25) is 11.8 Å². The highest BCUT2D eigenvalue weighted by Crippen LogP contribution is 2.29. The Bertz CT molecular complexity index is 953. The van der Waals surface area contributed by atoms with E-state index in [1.807, 2.05) is 0 Å². The molecule has 0 spiro atoms. The van der Waals surface area contributed by atoms with Crippen LogP contribution in [0.1, 0.15) is 32.3 Å². The second kappa shape index (κ2) is 9.11. The van der Waals surface area contributed by atoms with Gasteiger partial charge in [0.25, 0.3) is 0 Å². The maximum absolute atomic E-state index is 12.0. The molecule has 1 heterocycles. The Balaban J connectivity index is 2.07. The molecule has 0 bridgehead atoms. The normalized spacial score (nSPS) is 19.4. The van der Waals surface area contributed by atoms with Crippen LogP contribution in [0, 0.1) is 0 Å². The fourth-order valence-corrected chi connectivity index (χ4v) is 3.72. The molecule has 3 atom stereocenters.